The van der Waals surface area contributed by atoms with Crippen LogP contribution in [0.2, 0.25) is 0 Å². The molecule has 12 unspecified atom stereocenters. The largest absolute Gasteiger partial charge is 0.394 e. The summed E-state index contributed by atoms with van der Waals surface area (Å²) in [5.74, 6) is -0.222. The molecule has 0 aromatic rings. The van der Waals surface area contributed by atoms with Crippen LogP contribution in [0.1, 0.15) is 181 Å². The number of allylic oxidation sites excluding steroid dienone is 14. The highest BCUT2D eigenvalue weighted by Gasteiger charge is 2.51. The lowest BCUT2D eigenvalue weighted by molar-refractivity contribution is -0.359. The highest BCUT2D eigenvalue weighted by molar-refractivity contribution is 5.76. The summed E-state index contributed by atoms with van der Waals surface area (Å²) in [5.41, 5.74) is 0. The summed E-state index contributed by atoms with van der Waals surface area (Å²) < 4.78 is 22.6. The molecule has 2 fully saturated rings. The third kappa shape index (κ3) is 29.3. The van der Waals surface area contributed by atoms with Gasteiger partial charge >= 0.3 is 0 Å². The predicted molar refractivity (Wildman–Crippen MR) is 286 cm³/mol. The molecule has 2 rings (SSSR count). The normalized spacial score (nSPS) is 26.2. The summed E-state index contributed by atoms with van der Waals surface area (Å²) in [7, 11) is 0. The van der Waals surface area contributed by atoms with Gasteiger partial charge in [-0.05, 0) is 70.6 Å². The number of ether oxygens (including phenoxy) is 4. The average Bonchev–Trinajstić information content (AvgIpc) is 3.38. The third-order valence-electron chi connectivity index (χ3n) is 13.1. The van der Waals surface area contributed by atoms with E-state index in [1.54, 1.807) is 0 Å². The van der Waals surface area contributed by atoms with Gasteiger partial charge in [0, 0.05) is 6.42 Å². The first-order valence-corrected chi connectivity index (χ1v) is 27.8. The Kier molecular flexibility index (Phi) is 39.4. The first-order chi connectivity index (χ1) is 35.1. The Morgan fingerprint density at radius 2 is 0.958 bits per heavy atom. The van der Waals surface area contributed by atoms with Crippen LogP contribution in [0.3, 0.4) is 0 Å². The lowest BCUT2D eigenvalue weighted by Gasteiger charge is -2.46. The SMILES string of the molecule is CC/C=C\C/C=C\C/C=C\C/C=C\C/C=C\C/C=C\C/C=C\CCCCCCCCCCCCCC(=O)NC(COC1OC(CO)C(OC2OC(CO)C(O)C(O)C2O)C(O)C1O)C(O)CCCCCCC. The minimum Gasteiger partial charge on any atom is -0.394 e. The lowest BCUT2D eigenvalue weighted by atomic mass is 9.97. The van der Waals surface area contributed by atoms with Crippen LogP contribution in [0.25, 0.3) is 0 Å². The Morgan fingerprint density at radius 3 is 1.47 bits per heavy atom. The molecule has 0 radical (unpaired) electrons. The van der Waals surface area contributed by atoms with Gasteiger partial charge in [-0.2, -0.15) is 0 Å². The zero-order valence-electron chi connectivity index (χ0n) is 44.1. The zero-order valence-corrected chi connectivity index (χ0v) is 44.1. The molecule has 0 bridgehead atoms. The monoisotopic (exact) mass is 1020 g/mol. The quantitative estimate of drug-likeness (QED) is 0.0207. The van der Waals surface area contributed by atoms with Crippen LogP contribution >= 0.6 is 0 Å². The molecule has 0 aliphatic carbocycles. The van der Waals surface area contributed by atoms with Crippen molar-refractivity contribution in [1.29, 1.82) is 0 Å². The fraction of sp³-hybridized carbons (Fsp3) is 0.741. The molecule has 0 aromatic carbocycles. The number of hydrogen-bond donors (Lipinski definition) is 9. The smallest absolute Gasteiger partial charge is 0.220 e. The Morgan fingerprint density at radius 1 is 0.514 bits per heavy atom. The van der Waals surface area contributed by atoms with E-state index in [-0.39, 0.29) is 12.5 Å². The van der Waals surface area contributed by atoms with Gasteiger partial charge < -0.3 is 65.1 Å². The number of unbranched alkanes of at least 4 members (excludes halogenated alkanes) is 15. The fourth-order valence-electron chi connectivity index (χ4n) is 8.63. The Hall–Kier alpha value is -2.83. The molecular formula is C58H99NO13. The van der Waals surface area contributed by atoms with Crippen molar-refractivity contribution in [3.63, 3.8) is 0 Å². The number of amides is 1. The average molecular weight is 1020 g/mol. The van der Waals surface area contributed by atoms with Crippen LogP contribution in [0.15, 0.2) is 85.1 Å². The van der Waals surface area contributed by atoms with E-state index in [0.29, 0.717) is 19.3 Å². The molecule has 2 saturated heterocycles. The Balaban J connectivity index is 1.58. The van der Waals surface area contributed by atoms with E-state index in [9.17, 15) is 45.6 Å². The van der Waals surface area contributed by atoms with Gasteiger partial charge in [-0.25, -0.2) is 0 Å². The van der Waals surface area contributed by atoms with Crippen molar-refractivity contribution < 1.29 is 64.6 Å². The van der Waals surface area contributed by atoms with Crippen molar-refractivity contribution in [2.24, 2.45) is 0 Å². The van der Waals surface area contributed by atoms with E-state index in [1.807, 2.05) is 0 Å². The molecule has 14 nitrogen and oxygen atoms in total. The van der Waals surface area contributed by atoms with E-state index < -0.39 is 86.8 Å². The molecule has 1 amide bonds. The molecule has 14 heteroatoms. The molecule has 0 aromatic heterocycles. The van der Waals surface area contributed by atoms with Crippen molar-refractivity contribution >= 4 is 5.91 Å². The summed E-state index contributed by atoms with van der Waals surface area (Å²) in [6, 6.07) is -0.831. The van der Waals surface area contributed by atoms with Crippen LogP contribution in [0.5, 0.6) is 0 Å². The first kappa shape index (κ1) is 65.3. The molecule has 0 saturated carbocycles. The van der Waals surface area contributed by atoms with E-state index in [2.05, 4.69) is 104 Å². The number of nitrogens with one attached hydrogen (secondary N) is 1. The van der Waals surface area contributed by atoms with Gasteiger partial charge in [0.25, 0.3) is 0 Å². The predicted octanol–water partition coefficient (Wildman–Crippen LogP) is 8.55. The van der Waals surface area contributed by atoms with Crippen molar-refractivity contribution in [2.45, 2.75) is 254 Å². The molecule has 2 heterocycles. The second-order valence-electron chi connectivity index (χ2n) is 19.3. The van der Waals surface area contributed by atoms with Crippen LogP contribution in [-0.2, 0) is 23.7 Å². The fourth-order valence-corrected chi connectivity index (χ4v) is 8.63. The minimum atomic E-state index is -1.78. The summed E-state index contributed by atoms with van der Waals surface area (Å²) in [4.78, 5) is 13.1. The van der Waals surface area contributed by atoms with E-state index in [1.165, 1.54) is 44.9 Å². The highest BCUT2D eigenvalue weighted by Crippen LogP contribution is 2.30. The third-order valence-corrected chi connectivity index (χ3v) is 13.1. The van der Waals surface area contributed by atoms with Gasteiger partial charge in [-0.3, -0.25) is 4.79 Å². The van der Waals surface area contributed by atoms with Gasteiger partial charge in [0.1, 0.15) is 48.8 Å². The minimum absolute atomic E-state index is 0.222. The van der Waals surface area contributed by atoms with Crippen LogP contribution in [-0.4, -0.2) is 140 Å². The van der Waals surface area contributed by atoms with Crippen LogP contribution in [0.4, 0.5) is 0 Å². The van der Waals surface area contributed by atoms with Crippen molar-refractivity contribution in [3.05, 3.63) is 85.1 Å². The van der Waals surface area contributed by atoms with Gasteiger partial charge in [0.15, 0.2) is 12.6 Å². The topological polar surface area (TPSA) is 228 Å². The standard InChI is InChI=1S/C58H99NO13/c1-3-5-7-9-10-11-12-13-14-15-16-17-18-19-20-21-22-23-24-25-26-27-28-29-30-31-32-33-34-35-36-38-40-42-50(63)59-46(47(62)41-39-37-8-6-4-2)45-69-57-55(68)53(66)56(49(44-61)71-57)72-58-54(67)52(65)51(64)48(43-60)70-58/h5,7,10-11,13-14,16-17,19-20,22-23,25-26,46-49,51-58,60-62,64-68H,3-4,6,8-9,12,15,18,21,24,27-45H2,1-2H3,(H,59,63)/b7-5-,11-10-,14-13-,17-16-,20-19-,23-22-,26-25-. The van der Waals surface area contributed by atoms with Gasteiger partial charge in [0.05, 0.1) is 32.0 Å². The highest BCUT2D eigenvalue weighted by atomic mass is 16.7. The summed E-state index contributed by atoms with van der Waals surface area (Å²) in [5, 5.41) is 86.5. The summed E-state index contributed by atoms with van der Waals surface area (Å²) >= 11 is 0. The van der Waals surface area contributed by atoms with E-state index in [4.69, 9.17) is 18.9 Å². The Bertz CT molecular complexity index is 1530. The number of carbonyl (C=O) groups excluding carboxylic acids is 1. The van der Waals surface area contributed by atoms with E-state index in [0.717, 1.165) is 103 Å². The zero-order chi connectivity index (χ0) is 52.4. The number of aliphatic hydroxyl groups excluding tert-OH is 8. The maximum atomic E-state index is 13.1. The molecule has 414 valence electrons. The van der Waals surface area contributed by atoms with E-state index >= 15 is 0 Å². The molecular weight excluding hydrogens is 919 g/mol. The van der Waals surface area contributed by atoms with Gasteiger partial charge in [-0.1, -0.05) is 189 Å². The molecule has 12 atom stereocenters. The number of hydrogen-bond acceptors (Lipinski definition) is 13. The second kappa shape index (κ2) is 43.4. The molecule has 72 heavy (non-hydrogen) atoms. The Labute approximate surface area is 433 Å². The summed E-state index contributed by atoms with van der Waals surface area (Å²) in [6.07, 6.45) is 40.9. The first-order valence-electron chi connectivity index (χ1n) is 27.8. The molecule has 0 spiro atoms. The maximum absolute atomic E-state index is 13.1. The molecule has 9 N–H and O–H groups in total. The second-order valence-corrected chi connectivity index (χ2v) is 19.3. The maximum Gasteiger partial charge on any atom is 0.220 e. The number of rotatable bonds is 42. The number of carbonyl (C=O) groups is 1. The van der Waals surface area contributed by atoms with Gasteiger partial charge in [0.2, 0.25) is 5.91 Å². The van der Waals surface area contributed by atoms with Crippen molar-refractivity contribution in [2.75, 3.05) is 19.8 Å². The van der Waals surface area contributed by atoms with Crippen molar-refractivity contribution in [3.8, 4) is 0 Å². The number of aliphatic hydroxyl groups is 8. The lowest BCUT2D eigenvalue weighted by Crippen LogP contribution is -2.65. The summed E-state index contributed by atoms with van der Waals surface area (Å²) in [6.45, 7) is 2.62. The van der Waals surface area contributed by atoms with Crippen molar-refractivity contribution in [1.82, 2.24) is 5.32 Å². The van der Waals surface area contributed by atoms with Crippen LogP contribution < -0.4 is 5.32 Å². The molecule has 2 aliphatic heterocycles. The van der Waals surface area contributed by atoms with Gasteiger partial charge in [-0.15, -0.1) is 0 Å². The van der Waals surface area contributed by atoms with Crippen LogP contribution in [0, 0.1) is 0 Å². The molecule has 2 aliphatic rings.